The molecule has 116 valence electrons. The van der Waals surface area contributed by atoms with E-state index in [1.165, 1.54) is 37.8 Å². The van der Waals surface area contributed by atoms with Crippen LogP contribution >= 0.6 is 0 Å². The summed E-state index contributed by atoms with van der Waals surface area (Å²) < 4.78 is 19.4. The van der Waals surface area contributed by atoms with E-state index in [9.17, 15) is 4.39 Å². The first-order valence-corrected chi connectivity index (χ1v) is 8.19. The van der Waals surface area contributed by atoms with Gasteiger partial charge in [-0.15, -0.1) is 0 Å². The molecule has 1 N–H and O–H groups in total. The Hall–Kier alpha value is -1.68. The first-order chi connectivity index (χ1) is 10.7. The van der Waals surface area contributed by atoms with Crippen LogP contribution in [-0.4, -0.2) is 23.2 Å². The average molecular weight is 300 g/mol. The number of halogens is 1. The lowest BCUT2D eigenvalue weighted by Crippen LogP contribution is -2.42. The second-order valence-corrected chi connectivity index (χ2v) is 6.59. The van der Waals surface area contributed by atoms with Crippen LogP contribution in [0.4, 0.5) is 10.1 Å². The molecule has 0 amide bonds. The monoisotopic (exact) mass is 300 g/mol. The van der Waals surface area contributed by atoms with E-state index in [4.69, 9.17) is 4.74 Å². The Morgan fingerprint density at radius 2 is 2.09 bits per heavy atom. The first-order valence-electron chi connectivity index (χ1n) is 8.19. The van der Waals surface area contributed by atoms with Crippen molar-refractivity contribution in [1.29, 1.82) is 0 Å². The van der Waals surface area contributed by atoms with Crippen molar-refractivity contribution < 1.29 is 9.13 Å². The fourth-order valence-electron chi connectivity index (χ4n) is 3.99. The summed E-state index contributed by atoms with van der Waals surface area (Å²) in [5.41, 5.74) is 1.85. The number of anilines is 1. The Labute approximate surface area is 129 Å². The number of nitrogens with zero attached hydrogens (tertiary/aromatic N) is 1. The van der Waals surface area contributed by atoms with Crippen molar-refractivity contribution in [1.82, 2.24) is 4.98 Å². The summed E-state index contributed by atoms with van der Waals surface area (Å²) in [5, 5.41) is 4.63. The maximum Gasteiger partial charge on any atom is 0.125 e. The van der Waals surface area contributed by atoms with Crippen molar-refractivity contribution in [2.45, 2.75) is 50.2 Å². The lowest BCUT2D eigenvalue weighted by atomic mass is 9.88. The van der Waals surface area contributed by atoms with Crippen LogP contribution in [0.1, 0.15) is 38.5 Å². The smallest absolute Gasteiger partial charge is 0.125 e. The zero-order valence-electron chi connectivity index (χ0n) is 12.6. The molecule has 0 bridgehead atoms. The number of hydrogen-bond donors (Lipinski definition) is 1. The molecule has 1 aromatic heterocycles. The predicted molar refractivity (Wildman–Crippen MR) is 85.5 cm³/mol. The van der Waals surface area contributed by atoms with Gasteiger partial charge in [0.15, 0.2) is 0 Å². The third kappa shape index (κ3) is 2.56. The molecule has 4 rings (SSSR count). The van der Waals surface area contributed by atoms with Gasteiger partial charge in [-0.2, -0.15) is 0 Å². The van der Waals surface area contributed by atoms with Crippen molar-refractivity contribution in [3.63, 3.8) is 0 Å². The molecule has 1 saturated carbocycles. The van der Waals surface area contributed by atoms with E-state index in [1.807, 2.05) is 12.1 Å². The highest BCUT2D eigenvalue weighted by atomic mass is 19.1. The van der Waals surface area contributed by atoms with Crippen LogP contribution in [0.15, 0.2) is 30.5 Å². The van der Waals surface area contributed by atoms with Gasteiger partial charge in [-0.05, 0) is 43.9 Å². The molecular weight excluding hydrogens is 279 g/mol. The molecule has 1 aromatic carbocycles. The number of benzene rings is 1. The molecule has 1 aliphatic heterocycles. The van der Waals surface area contributed by atoms with E-state index in [0.717, 1.165) is 30.5 Å². The van der Waals surface area contributed by atoms with Crippen LogP contribution in [0.5, 0.6) is 0 Å². The standard InChI is InChI=1S/C18H21FN2O/c19-13-3-4-15-16(5-9-20-17(15)11-13)21-14-6-10-22-18(12-14)7-1-2-8-18/h3-5,9,11,14H,1-2,6-8,10,12H2,(H,20,21). The lowest BCUT2D eigenvalue weighted by Gasteiger charge is -2.39. The number of fused-ring (bicyclic) bond motifs is 1. The van der Waals surface area contributed by atoms with Crippen LogP contribution < -0.4 is 5.32 Å². The number of ether oxygens (including phenoxy) is 1. The van der Waals surface area contributed by atoms with Crippen LogP contribution in [0.2, 0.25) is 0 Å². The van der Waals surface area contributed by atoms with Gasteiger partial charge in [-0.1, -0.05) is 12.8 Å². The molecular formula is C18H21FN2O. The minimum absolute atomic E-state index is 0.102. The Morgan fingerprint density at radius 3 is 2.95 bits per heavy atom. The molecule has 2 fully saturated rings. The summed E-state index contributed by atoms with van der Waals surface area (Å²) in [6, 6.07) is 7.20. The fourth-order valence-corrected chi connectivity index (χ4v) is 3.99. The van der Waals surface area contributed by atoms with E-state index in [0.29, 0.717) is 11.6 Å². The van der Waals surface area contributed by atoms with Crippen LogP contribution in [0.3, 0.4) is 0 Å². The minimum atomic E-state index is -0.242. The average Bonchev–Trinajstić information content (AvgIpc) is 2.95. The van der Waals surface area contributed by atoms with Gasteiger partial charge in [-0.3, -0.25) is 4.98 Å². The van der Waals surface area contributed by atoms with Gasteiger partial charge >= 0.3 is 0 Å². The number of aromatic nitrogens is 1. The molecule has 1 saturated heterocycles. The lowest BCUT2D eigenvalue weighted by molar-refractivity contribution is -0.0766. The molecule has 22 heavy (non-hydrogen) atoms. The van der Waals surface area contributed by atoms with Crippen molar-refractivity contribution >= 4 is 16.6 Å². The van der Waals surface area contributed by atoms with E-state index in [1.54, 1.807) is 6.20 Å². The minimum Gasteiger partial charge on any atom is -0.382 e. The fraction of sp³-hybridized carbons (Fsp3) is 0.500. The molecule has 2 aromatic rings. The SMILES string of the molecule is Fc1ccc2c(NC3CCOC4(CCCC4)C3)ccnc2c1. The van der Waals surface area contributed by atoms with Crippen molar-refractivity contribution in [3.8, 4) is 0 Å². The number of pyridine rings is 1. The summed E-state index contributed by atoms with van der Waals surface area (Å²) in [6.07, 6.45) is 8.77. The maximum atomic E-state index is 13.4. The van der Waals surface area contributed by atoms with Crippen molar-refractivity contribution in [2.24, 2.45) is 0 Å². The van der Waals surface area contributed by atoms with E-state index < -0.39 is 0 Å². The highest BCUT2D eigenvalue weighted by Gasteiger charge is 2.39. The van der Waals surface area contributed by atoms with E-state index in [-0.39, 0.29) is 11.4 Å². The van der Waals surface area contributed by atoms with Gasteiger partial charge in [0.05, 0.1) is 11.1 Å². The first kappa shape index (κ1) is 13.9. The number of rotatable bonds is 2. The summed E-state index contributed by atoms with van der Waals surface area (Å²) in [5.74, 6) is -0.242. The van der Waals surface area contributed by atoms with Gasteiger partial charge in [0.2, 0.25) is 0 Å². The normalized spacial score (nSPS) is 24.0. The third-order valence-electron chi connectivity index (χ3n) is 5.07. The van der Waals surface area contributed by atoms with Crippen LogP contribution in [-0.2, 0) is 4.74 Å². The zero-order chi connectivity index (χ0) is 15.0. The summed E-state index contributed by atoms with van der Waals surface area (Å²) in [6.45, 7) is 0.829. The van der Waals surface area contributed by atoms with E-state index >= 15 is 0 Å². The van der Waals surface area contributed by atoms with E-state index in [2.05, 4.69) is 10.3 Å². The summed E-state index contributed by atoms with van der Waals surface area (Å²) >= 11 is 0. The van der Waals surface area contributed by atoms with Crippen LogP contribution in [0.25, 0.3) is 10.9 Å². The molecule has 1 unspecified atom stereocenters. The van der Waals surface area contributed by atoms with Gasteiger partial charge in [-0.25, -0.2) is 4.39 Å². The second kappa shape index (κ2) is 5.51. The quantitative estimate of drug-likeness (QED) is 0.899. The molecule has 1 aliphatic carbocycles. The number of hydrogen-bond acceptors (Lipinski definition) is 3. The predicted octanol–water partition coefficient (Wildman–Crippen LogP) is 4.28. The molecule has 2 heterocycles. The van der Waals surface area contributed by atoms with Gasteiger partial charge in [0.1, 0.15) is 5.82 Å². The van der Waals surface area contributed by atoms with Gasteiger partial charge in [0.25, 0.3) is 0 Å². The Morgan fingerprint density at radius 1 is 1.23 bits per heavy atom. The Bertz CT molecular complexity index is 682. The Balaban J connectivity index is 1.58. The van der Waals surface area contributed by atoms with Crippen molar-refractivity contribution in [3.05, 3.63) is 36.3 Å². The van der Waals surface area contributed by atoms with Crippen LogP contribution in [0, 0.1) is 5.82 Å². The summed E-state index contributed by atoms with van der Waals surface area (Å²) in [7, 11) is 0. The van der Waals surface area contributed by atoms with Gasteiger partial charge < -0.3 is 10.1 Å². The second-order valence-electron chi connectivity index (χ2n) is 6.59. The Kier molecular flexibility index (Phi) is 3.49. The highest BCUT2D eigenvalue weighted by Crippen LogP contribution is 2.40. The molecule has 1 spiro atoms. The molecule has 2 aliphatic rings. The molecule has 4 heteroatoms. The van der Waals surface area contributed by atoms with Crippen molar-refractivity contribution in [2.75, 3.05) is 11.9 Å². The molecule has 1 atom stereocenters. The summed E-state index contributed by atoms with van der Waals surface area (Å²) in [4.78, 5) is 4.26. The zero-order valence-corrected chi connectivity index (χ0v) is 12.6. The maximum absolute atomic E-state index is 13.4. The number of nitrogens with one attached hydrogen (secondary N) is 1. The largest absolute Gasteiger partial charge is 0.382 e. The molecule has 3 nitrogen and oxygen atoms in total. The highest BCUT2D eigenvalue weighted by molar-refractivity contribution is 5.91. The molecule has 0 radical (unpaired) electrons. The topological polar surface area (TPSA) is 34.1 Å². The van der Waals surface area contributed by atoms with Gasteiger partial charge in [0, 0.05) is 36.0 Å². The third-order valence-corrected chi connectivity index (χ3v) is 5.07.